The second kappa shape index (κ2) is 3.12. The van der Waals surface area contributed by atoms with Gasteiger partial charge in [0.05, 0.1) is 5.57 Å². The minimum absolute atomic E-state index is 0.359. The quantitative estimate of drug-likeness (QED) is 0.536. The van der Waals surface area contributed by atoms with Crippen LogP contribution in [0.25, 0.3) is 0 Å². The second-order valence-corrected chi connectivity index (χ2v) is 1.81. The summed E-state index contributed by atoms with van der Waals surface area (Å²) in [4.78, 5) is 10.2. The number of rotatable bonds is 2. The van der Waals surface area contributed by atoms with Gasteiger partial charge in [0.25, 0.3) is 0 Å². The highest BCUT2D eigenvalue weighted by Crippen LogP contribution is 1.97. The summed E-state index contributed by atoms with van der Waals surface area (Å²) < 4.78 is 0. The molecule has 2 N–H and O–H groups in total. The minimum Gasteiger partial charge on any atom is -0.478 e. The molecule has 0 rings (SSSR count). The molecule has 0 aliphatic heterocycles. The molecule has 9 heavy (non-hydrogen) atoms. The van der Waals surface area contributed by atoms with Crippen molar-refractivity contribution in [3.05, 3.63) is 11.3 Å². The molecule has 0 saturated carbocycles. The SMILES string of the molecule is CN/C(C)=C(\C)C(=O)O. The minimum atomic E-state index is -0.873. The van der Waals surface area contributed by atoms with E-state index in [2.05, 4.69) is 5.32 Å². The predicted octanol–water partition coefficient (Wildman–Crippen LogP) is 0.584. The lowest BCUT2D eigenvalue weighted by Crippen LogP contribution is -2.09. The highest BCUT2D eigenvalue weighted by molar-refractivity contribution is 5.86. The van der Waals surface area contributed by atoms with E-state index in [4.69, 9.17) is 5.11 Å². The van der Waals surface area contributed by atoms with Crippen molar-refractivity contribution in [3.8, 4) is 0 Å². The molecular formula is C6H11NO2. The van der Waals surface area contributed by atoms with E-state index in [1.165, 1.54) is 0 Å². The topological polar surface area (TPSA) is 49.3 Å². The molecular weight excluding hydrogens is 118 g/mol. The van der Waals surface area contributed by atoms with Crippen molar-refractivity contribution in [2.75, 3.05) is 7.05 Å². The lowest BCUT2D eigenvalue weighted by Gasteiger charge is -2.00. The molecule has 0 aromatic heterocycles. The molecule has 0 spiro atoms. The van der Waals surface area contributed by atoms with Crippen molar-refractivity contribution in [1.29, 1.82) is 0 Å². The lowest BCUT2D eigenvalue weighted by molar-refractivity contribution is -0.132. The molecule has 0 radical (unpaired) electrons. The van der Waals surface area contributed by atoms with Gasteiger partial charge in [0, 0.05) is 12.7 Å². The van der Waals surface area contributed by atoms with E-state index in [0.717, 1.165) is 0 Å². The Kier molecular flexibility index (Phi) is 2.78. The molecule has 3 nitrogen and oxygen atoms in total. The number of carboxylic acids is 1. The number of carboxylic acid groups (broad SMARTS) is 1. The Morgan fingerprint density at radius 3 is 2.00 bits per heavy atom. The van der Waals surface area contributed by atoms with E-state index < -0.39 is 5.97 Å². The zero-order valence-corrected chi connectivity index (χ0v) is 5.86. The highest BCUT2D eigenvalue weighted by atomic mass is 16.4. The number of carbonyl (C=O) groups is 1. The average molecular weight is 129 g/mol. The predicted molar refractivity (Wildman–Crippen MR) is 35.1 cm³/mol. The van der Waals surface area contributed by atoms with E-state index in [1.807, 2.05) is 0 Å². The van der Waals surface area contributed by atoms with Gasteiger partial charge in [0.2, 0.25) is 0 Å². The molecule has 0 aliphatic carbocycles. The number of aliphatic carboxylic acids is 1. The largest absolute Gasteiger partial charge is 0.478 e. The first-order valence-electron chi connectivity index (χ1n) is 2.68. The van der Waals surface area contributed by atoms with Crippen LogP contribution in [0.15, 0.2) is 11.3 Å². The van der Waals surface area contributed by atoms with Crippen LogP contribution in [0.1, 0.15) is 13.8 Å². The van der Waals surface area contributed by atoms with Crippen LogP contribution in [0, 0.1) is 0 Å². The van der Waals surface area contributed by atoms with Gasteiger partial charge in [-0.2, -0.15) is 0 Å². The van der Waals surface area contributed by atoms with Crippen LogP contribution >= 0.6 is 0 Å². The van der Waals surface area contributed by atoms with E-state index in [-0.39, 0.29) is 0 Å². The van der Waals surface area contributed by atoms with Gasteiger partial charge in [-0.1, -0.05) is 0 Å². The molecule has 0 heterocycles. The summed E-state index contributed by atoms with van der Waals surface area (Å²) in [5.41, 5.74) is 1.06. The summed E-state index contributed by atoms with van der Waals surface area (Å²) in [5.74, 6) is -0.873. The summed E-state index contributed by atoms with van der Waals surface area (Å²) in [6.07, 6.45) is 0. The fourth-order valence-corrected chi connectivity index (χ4v) is 0.348. The van der Waals surface area contributed by atoms with Crippen LogP contribution in [0.5, 0.6) is 0 Å². The van der Waals surface area contributed by atoms with Crippen LogP contribution in [-0.2, 0) is 4.79 Å². The third-order valence-corrected chi connectivity index (χ3v) is 1.26. The van der Waals surface area contributed by atoms with Crippen molar-refractivity contribution < 1.29 is 9.90 Å². The monoisotopic (exact) mass is 129 g/mol. The van der Waals surface area contributed by atoms with Gasteiger partial charge in [-0.05, 0) is 13.8 Å². The van der Waals surface area contributed by atoms with Gasteiger partial charge in [-0.3, -0.25) is 0 Å². The van der Waals surface area contributed by atoms with E-state index in [0.29, 0.717) is 11.3 Å². The van der Waals surface area contributed by atoms with Gasteiger partial charge in [0.15, 0.2) is 0 Å². The van der Waals surface area contributed by atoms with Crippen molar-refractivity contribution in [1.82, 2.24) is 5.32 Å². The smallest absolute Gasteiger partial charge is 0.333 e. The van der Waals surface area contributed by atoms with E-state index in [9.17, 15) is 4.79 Å². The van der Waals surface area contributed by atoms with Crippen LogP contribution in [0.4, 0.5) is 0 Å². The van der Waals surface area contributed by atoms with Crippen LogP contribution in [0.2, 0.25) is 0 Å². The van der Waals surface area contributed by atoms with Gasteiger partial charge >= 0.3 is 5.97 Å². The number of nitrogens with one attached hydrogen (secondary N) is 1. The molecule has 0 bridgehead atoms. The molecule has 0 aromatic carbocycles. The third kappa shape index (κ3) is 2.17. The van der Waals surface area contributed by atoms with Crippen LogP contribution in [-0.4, -0.2) is 18.1 Å². The Balaban J connectivity index is 4.28. The van der Waals surface area contributed by atoms with Crippen molar-refractivity contribution in [2.24, 2.45) is 0 Å². The maximum atomic E-state index is 10.2. The highest BCUT2D eigenvalue weighted by Gasteiger charge is 2.01. The zero-order valence-electron chi connectivity index (χ0n) is 5.86. The number of hydrogen-bond acceptors (Lipinski definition) is 2. The summed E-state index contributed by atoms with van der Waals surface area (Å²) >= 11 is 0. The maximum Gasteiger partial charge on any atom is 0.333 e. The standard InChI is InChI=1S/C6H11NO2/c1-4(6(8)9)5(2)7-3/h7H,1-3H3,(H,8,9)/b5-4+. The lowest BCUT2D eigenvalue weighted by atomic mass is 10.2. The first kappa shape index (κ1) is 8.01. The number of allylic oxidation sites excluding steroid dienone is 1. The molecule has 3 heteroatoms. The fraction of sp³-hybridized carbons (Fsp3) is 0.500. The third-order valence-electron chi connectivity index (χ3n) is 1.26. The second-order valence-electron chi connectivity index (χ2n) is 1.81. The molecule has 0 saturated heterocycles. The van der Waals surface area contributed by atoms with Gasteiger partial charge in [0.1, 0.15) is 0 Å². The average Bonchev–Trinajstić information content (AvgIpc) is 1.84. The van der Waals surface area contributed by atoms with Crippen molar-refractivity contribution in [2.45, 2.75) is 13.8 Å². The zero-order chi connectivity index (χ0) is 7.44. The Hall–Kier alpha value is -0.990. The van der Waals surface area contributed by atoms with Crippen molar-refractivity contribution in [3.63, 3.8) is 0 Å². The molecule has 52 valence electrons. The molecule has 0 unspecified atom stereocenters. The number of hydrogen-bond donors (Lipinski definition) is 2. The van der Waals surface area contributed by atoms with Gasteiger partial charge < -0.3 is 10.4 Å². The summed E-state index contributed by atoms with van der Waals surface area (Å²) in [6.45, 7) is 3.29. The Bertz CT molecular complexity index is 149. The summed E-state index contributed by atoms with van der Waals surface area (Å²) in [5, 5.41) is 11.1. The first-order valence-corrected chi connectivity index (χ1v) is 2.68. The molecule has 0 amide bonds. The van der Waals surface area contributed by atoms with Crippen LogP contribution < -0.4 is 5.32 Å². The Morgan fingerprint density at radius 1 is 1.44 bits per heavy atom. The summed E-state index contributed by atoms with van der Waals surface area (Å²) in [6, 6.07) is 0. The Morgan fingerprint density at radius 2 is 1.89 bits per heavy atom. The molecule has 0 aliphatic rings. The van der Waals surface area contributed by atoms with Gasteiger partial charge in [-0.25, -0.2) is 4.79 Å². The normalized spacial score (nSPS) is 12.3. The van der Waals surface area contributed by atoms with Crippen LogP contribution in [0.3, 0.4) is 0 Å². The Labute approximate surface area is 54.4 Å². The summed E-state index contributed by atoms with van der Waals surface area (Å²) in [7, 11) is 1.70. The maximum absolute atomic E-state index is 10.2. The van der Waals surface area contributed by atoms with E-state index in [1.54, 1.807) is 20.9 Å². The molecule has 0 fully saturated rings. The van der Waals surface area contributed by atoms with Crippen molar-refractivity contribution >= 4 is 5.97 Å². The van der Waals surface area contributed by atoms with Gasteiger partial charge in [-0.15, -0.1) is 0 Å². The molecule has 0 atom stereocenters. The first-order chi connectivity index (χ1) is 4.09. The fourth-order valence-electron chi connectivity index (χ4n) is 0.348. The molecule has 0 aromatic rings. The van der Waals surface area contributed by atoms with E-state index >= 15 is 0 Å².